The van der Waals surface area contributed by atoms with E-state index in [0.717, 1.165) is 12.2 Å². The molecule has 0 heterocycles. The Balaban J connectivity index is 2.63. The summed E-state index contributed by atoms with van der Waals surface area (Å²) < 4.78 is 11.4. The Hall–Kier alpha value is -0.543. The standard InChI is InChI=1S/C12H22O2Si/c1-10(2)15(4,5)14-12-8-6-7-11(9-12)13-3/h6-7,9-11H,8H2,1-5H3. The van der Waals surface area contributed by atoms with E-state index >= 15 is 0 Å². The summed E-state index contributed by atoms with van der Waals surface area (Å²) in [6, 6.07) is 0. The van der Waals surface area contributed by atoms with Gasteiger partial charge in [0.1, 0.15) is 0 Å². The van der Waals surface area contributed by atoms with Gasteiger partial charge in [0, 0.05) is 13.5 Å². The lowest BCUT2D eigenvalue weighted by molar-refractivity contribution is 0.171. The van der Waals surface area contributed by atoms with Crippen molar-refractivity contribution in [2.75, 3.05) is 7.11 Å². The lowest BCUT2D eigenvalue weighted by atomic mass is 10.1. The molecule has 1 rings (SSSR count). The molecule has 1 unspecified atom stereocenters. The van der Waals surface area contributed by atoms with E-state index in [1.54, 1.807) is 7.11 Å². The van der Waals surface area contributed by atoms with E-state index < -0.39 is 8.32 Å². The van der Waals surface area contributed by atoms with Gasteiger partial charge in [0.25, 0.3) is 0 Å². The average Bonchev–Trinajstić information content (AvgIpc) is 2.17. The normalized spacial score (nSPS) is 21.7. The van der Waals surface area contributed by atoms with Crippen LogP contribution < -0.4 is 0 Å². The zero-order valence-corrected chi connectivity index (χ0v) is 11.4. The van der Waals surface area contributed by atoms with Crippen LogP contribution in [0.2, 0.25) is 18.6 Å². The minimum absolute atomic E-state index is 0.0886. The van der Waals surface area contributed by atoms with Crippen LogP contribution in [0.25, 0.3) is 0 Å². The predicted octanol–water partition coefficient (Wildman–Crippen LogP) is 3.48. The van der Waals surface area contributed by atoms with Gasteiger partial charge in [-0.2, -0.15) is 0 Å². The third-order valence-electron chi connectivity index (χ3n) is 3.05. The van der Waals surface area contributed by atoms with Gasteiger partial charge in [0.2, 0.25) is 8.32 Å². The summed E-state index contributed by atoms with van der Waals surface area (Å²) >= 11 is 0. The molecule has 0 N–H and O–H groups in total. The molecule has 0 radical (unpaired) electrons. The number of ether oxygens (including phenoxy) is 1. The van der Waals surface area contributed by atoms with Gasteiger partial charge in [-0.15, -0.1) is 0 Å². The van der Waals surface area contributed by atoms with Crippen molar-refractivity contribution in [3.8, 4) is 0 Å². The van der Waals surface area contributed by atoms with Crippen molar-refractivity contribution in [2.45, 2.75) is 45.0 Å². The Morgan fingerprint density at radius 1 is 1.40 bits per heavy atom. The monoisotopic (exact) mass is 226 g/mol. The van der Waals surface area contributed by atoms with Crippen molar-refractivity contribution in [3.05, 3.63) is 24.0 Å². The Labute approximate surface area is 94.1 Å². The average molecular weight is 226 g/mol. The molecular formula is C12H22O2Si. The van der Waals surface area contributed by atoms with Gasteiger partial charge >= 0.3 is 0 Å². The maximum absolute atomic E-state index is 6.14. The minimum atomic E-state index is -1.57. The minimum Gasteiger partial charge on any atom is -0.547 e. The van der Waals surface area contributed by atoms with Crippen LogP contribution in [0, 0.1) is 0 Å². The maximum Gasteiger partial charge on any atom is 0.247 e. The van der Waals surface area contributed by atoms with Crippen molar-refractivity contribution in [2.24, 2.45) is 0 Å². The number of methoxy groups -OCH3 is 1. The van der Waals surface area contributed by atoms with E-state index in [1.807, 2.05) is 0 Å². The van der Waals surface area contributed by atoms with Gasteiger partial charge in [-0.1, -0.05) is 26.0 Å². The lowest BCUT2D eigenvalue weighted by Crippen LogP contribution is -2.34. The molecule has 15 heavy (non-hydrogen) atoms. The second-order valence-electron chi connectivity index (χ2n) is 4.83. The Kier molecular flexibility index (Phi) is 4.17. The van der Waals surface area contributed by atoms with Crippen LogP contribution in [0.4, 0.5) is 0 Å². The van der Waals surface area contributed by atoms with Crippen molar-refractivity contribution in [1.82, 2.24) is 0 Å². The third kappa shape index (κ3) is 3.50. The Bertz CT molecular complexity index is 267. The molecule has 0 bridgehead atoms. The molecule has 1 aliphatic carbocycles. The molecule has 0 saturated heterocycles. The second-order valence-corrected chi connectivity index (χ2v) is 9.39. The van der Waals surface area contributed by atoms with Crippen LogP contribution in [0.15, 0.2) is 24.0 Å². The molecule has 0 saturated carbocycles. The van der Waals surface area contributed by atoms with E-state index in [4.69, 9.17) is 9.16 Å². The first kappa shape index (κ1) is 12.5. The zero-order chi connectivity index (χ0) is 11.5. The first-order valence-corrected chi connectivity index (χ1v) is 8.53. The van der Waals surface area contributed by atoms with Crippen LogP contribution >= 0.6 is 0 Å². The summed E-state index contributed by atoms with van der Waals surface area (Å²) in [7, 11) is 0.154. The summed E-state index contributed by atoms with van der Waals surface area (Å²) in [5.74, 6) is 1.08. The van der Waals surface area contributed by atoms with Crippen LogP contribution in [0.3, 0.4) is 0 Å². The predicted molar refractivity (Wildman–Crippen MR) is 66.3 cm³/mol. The number of allylic oxidation sites excluding steroid dienone is 1. The third-order valence-corrected chi connectivity index (χ3v) is 6.62. The SMILES string of the molecule is COC1C=CCC(O[Si](C)(C)C(C)C)=C1. The first-order chi connectivity index (χ1) is 6.95. The van der Waals surface area contributed by atoms with E-state index in [-0.39, 0.29) is 6.10 Å². The molecule has 0 amide bonds. The van der Waals surface area contributed by atoms with Crippen LogP contribution in [0.1, 0.15) is 20.3 Å². The molecule has 0 spiro atoms. The van der Waals surface area contributed by atoms with Gasteiger partial charge in [-0.3, -0.25) is 0 Å². The molecule has 0 aromatic rings. The first-order valence-electron chi connectivity index (χ1n) is 5.55. The highest BCUT2D eigenvalue weighted by Gasteiger charge is 2.29. The van der Waals surface area contributed by atoms with Gasteiger partial charge in [0.15, 0.2) is 0 Å². The summed E-state index contributed by atoms with van der Waals surface area (Å²) in [4.78, 5) is 0. The quantitative estimate of drug-likeness (QED) is 0.540. The van der Waals surface area contributed by atoms with Crippen LogP contribution in [-0.2, 0) is 9.16 Å². The van der Waals surface area contributed by atoms with E-state index in [0.29, 0.717) is 5.54 Å². The molecule has 1 atom stereocenters. The summed E-state index contributed by atoms with van der Waals surface area (Å²) in [6.07, 6.45) is 7.26. The molecule has 0 aliphatic heterocycles. The van der Waals surface area contributed by atoms with Crippen molar-refractivity contribution in [3.63, 3.8) is 0 Å². The molecule has 86 valence electrons. The summed E-state index contributed by atoms with van der Waals surface area (Å²) in [6.45, 7) is 9.00. The van der Waals surface area contributed by atoms with E-state index in [2.05, 4.69) is 45.2 Å². The van der Waals surface area contributed by atoms with E-state index in [1.165, 1.54) is 0 Å². The molecule has 1 aliphatic rings. The molecule has 2 nitrogen and oxygen atoms in total. The van der Waals surface area contributed by atoms with Crippen molar-refractivity contribution in [1.29, 1.82) is 0 Å². The largest absolute Gasteiger partial charge is 0.547 e. The van der Waals surface area contributed by atoms with Gasteiger partial charge in [-0.25, -0.2) is 0 Å². The number of hydrogen-bond donors (Lipinski definition) is 0. The fourth-order valence-corrected chi connectivity index (χ4v) is 2.37. The second kappa shape index (κ2) is 4.99. The highest BCUT2D eigenvalue weighted by Crippen LogP contribution is 2.27. The molecule has 0 fully saturated rings. The highest BCUT2D eigenvalue weighted by atomic mass is 28.4. The van der Waals surface area contributed by atoms with E-state index in [9.17, 15) is 0 Å². The molecule has 0 aromatic carbocycles. The van der Waals surface area contributed by atoms with Gasteiger partial charge in [0.05, 0.1) is 11.9 Å². The smallest absolute Gasteiger partial charge is 0.247 e. The fourth-order valence-electron chi connectivity index (χ4n) is 1.30. The molecular weight excluding hydrogens is 204 g/mol. The summed E-state index contributed by atoms with van der Waals surface area (Å²) in [5, 5.41) is 0. The number of rotatable bonds is 4. The van der Waals surface area contributed by atoms with Crippen molar-refractivity contribution < 1.29 is 9.16 Å². The Morgan fingerprint density at radius 2 is 2.07 bits per heavy atom. The summed E-state index contributed by atoms with van der Waals surface area (Å²) in [5.41, 5.74) is 0.630. The highest BCUT2D eigenvalue weighted by molar-refractivity contribution is 6.72. The zero-order valence-electron chi connectivity index (χ0n) is 10.4. The topological polar surface area (TPSA) is 18.5 Å². The van der Waals surface area contributed by atoms with Crippen LogP contribution in [-0.4, -0.2) is 21.5 Å². The molecule has 0 aromatic heterocycles. The molecule has 3 heteroatoms. The maximum atomic E-state index is 6.14. The van der Waals surface area contributed by atoms with Gasteiger partial charge in [-0.05, 0) is 24.7 Å². The fraction of sp³-hybridized carbons (Fsp3) is 0.667. The van der Waals surface area contributed by atoms with Gasteiger partial charge < -0.3 is 9.16 Å². The van der Waals surface area contributed by atoms with Crippen LogP contribution in [0.5, 0.6) is 0 Å². The number of hydrogen-bond acceptors (Lipinski definition) is 2. The Morgan fingerprint density at radius 3 is 2.60 bits per heavy atom. The van der Waals surface area contributed by atoms with Crippen molar-refractivity contribution >= 4 is 8.32 Å². The lowest BCUT2D eigenvalue weighted by Gasteiger charge is -2.30.